The molecule has 1 fully saturated rings. The van der Waals surface area contributed by atoms with Gasteiger partial charge in [0.1, 0.15) is 17.1 Å². The summed E-state index contributed by atoms with van der Waals surface area (Å²) in [6.45, 7) is 6.31. The van der Waals surface area contributed by atoms with E-state index in [0.717, 1.165) is 41.1 Å². The number of rotatable bonds is 5. The molecule has 1 amide bonds. The summed E-state index contributed by atoms with van der Waals surface area (Å²) in [6.07, 6.45) is 2.47. The number of fused-ring (bicyclic) bond motifs is 1. The van der Waals surface area contributed by atoms with Gasteiger partial charge in [0.25, 0.3) is 5.91 Å². The maximum Gasteiger partial charge on any atom is 0.262 e. The molecule has 1 aliphatic heterocycles. The summed E-state index contributed by atoms with van der Waals surface area (Å²) in [5.74, 6) is 2.10. The van der Waals surface area contributed by atoms with Gasteiger partial charge >= 0.3 is 0 Å². The number of ether oxygens (including phenoxy) is 1. The molecule has 0 bridgehead atoms. The van der Waals surface area contributed by atoms with Crippen molar-refractivity contribution in [2.45, 2.75) is 26.7 Å². The lowest BCUT2D eigenvalue weighted by Gasteiger charge is -2.32. The van der Waals surface area contributed by atoms with Gasteiger partial charge in [-0.25, -0.2) is 4.98 Å². The smallest absolute Gasteiger partial charge is 0.262 e. The molecule has 1 aliphatic rings. The van der Waals surface area contributed by atoms with Gasteiger partial charge < -0.3 is 15.0 Å². The number of nitrogens with zero attached hydrogens (tertiary/aromatic N) is 2. The lowest BCUT2D eigenvalue weighted by molar-refractivity contribution is -0.118. The van der Waals surface area contributed by atoms with Crippen molar-refractivity contribution in [1.82, 2.24) is 4.98 Å². The molecule has 1 atom stereocenters. The summed E-state index contributed by atoms with van der Waals surface area (Å²) in [4.78, 5) is 19.5. The highest BCUT2D eigenvalue weighted by atomic mass is 16.5. The van der Waals surface area contributed by atoms with Crippen molar-refractivity contribution in [1.29, 1.82) is 0 Å². The number of benzene rings is 2. The van der Waals surface area contributed by atoms with Crippen molar-refractivity contribution in [3.63, 3.8) is 0 Å². The van der Waals surface area contributed by atoms with Crippen LogP contribution in [0.25, 0.3) is 10.9 Å². The third-order valence-electron chi connectivity index (χ3n) is 5.34. The van der Waals surface area contributed by atoms with E-state index < -0.39 is 0 Å². The topological polar surface area (TPSA) is 54.5 Å². The van der Waals surface area contributed by atoms with E-state index in [1.807, 2.05) is 49.4 Å². The van der Waals surface area contributed by atoms with Crippen molar-refractivity contribution in [2.75, 3.05) is 29.9 Å². The summed E-state index contributed by atoms with van der Waals surface area (Å²) in [5.41, 5.74) is 2.72. The van der Waals surface area contributed by atoms with Crippen LogP contribution in [-0.4, -0.2) is 30.6 Å². The highest BCUT2D eigenvalue weighted by Crippen LogP contribution is 2.28. The second-order valence-electron chi connectivity index (χ2n) is 7.89. The first-order valence-electron chi connectivity index (χ1n) is 10.2. The highest BCUT2D eigenvalue weighted by molar-refractivity contribution is 5.92. The van der Waals surface area contributed by atoms with Crippen LogP contribution in [0.4, 0.5) is 11.5 Å². The van der Waals surface area contributed by atoms with Crippen LogP contribution < -0.4 is 15.0 Å². The van der Waals surface area contributed by atoms with Crippen molar-refractivity contribution in [2.24, 2.45) is 5.92 Å². The number of amides is 1. The third-order valence-corrected chi connectivity index (χ3v) is 5.34. The van der Waals surface area contributed by atoms with Gasteiger partial charge in [-0.15, -0.1) is 0 Å². The Balaban J connectivity index is 1.48. The fourth-order valence-corrected chi connectivity index (χ4v) is 3.78. The number of anilines is 2. The number of carbonyl (C=O) groups is 1. The first-order valence-corrected chi connectivity index (χ1v) is 10.2. The maximum atomic E-state index is 12.3. The number of aromatic nitrogens is 1. The zero-order valence-corrected chi connectivity index (χ0v) is 17.0. The zero-order chi connectivity index (χ0) is 20.2. The van der Waals surface area contributed by atoms with Crippen LogP contribution in [0.5, 0.6) is 5.75 Å². The SMILES string of the molecule is Cc1ccc(NC(=O)COc2cccc3ccc(N4CCCC(C)C4)nc23)cc1. The molecule has 3 aromatic rings. The Morgan fingerprint density at radius 3 is 2.79 bits per heavy atom. The number of carbonyl (C=O) groups excluding carboxylic acids is 1. The molecule has 5 nitrogen and oxygen atoms in total. The van der Waals surface area contributed by atoms with E-state index in [9.17, 15) is 4.79 Å². The predicted octanol–water partition coefficient (Wildman–Crippen LogP) is 4.80. The van der Waals surface area contributed by atoms with Crippen LogP contribution in [0.1, 0.15) is 25.3 Å². The third kappa shape index (κ3) is 4.67. The standard InChI is InChI=1S/C24H27N3O2/c1-17-8-11-20(12-9-17)25-23(28)16-29-21-7-3-6-19-10-13-22(26-24(19)21)27-14-4-5-18(2)15-27/h3,6-13,18H,4-5,14-16H2,1-2H3,(H,25,28). The molecule has 0 radical (unpaired) electrons. The van der Waals surface area contributed by atoms with E-state index in [1.54, 1.807) is 0 Å². The number of nitrogens with one attached hydrogen (secondary N) is 1. The Kier molecular flexibility index (Phi) is 5.65. The minimum atomic E-state index is -0.188. The second-order valence-corrected chi connectivity index (χ2v) is 7.89. The first kappa shape index (κ1) is 19.2. The maximum absolute atomic E-state index is 12.3. The average Bonchev–Trinajstić information content (AvgIpc) is 2.73. The zero-order valence-electron chi connectivity index (χ0n) is 17.0. The van der Waals surface area contributed by atoms with Crippen LogP contribution in [0.15, 0.2) is 54.6 Å². The van der Waals surface area contributed by atoms with E-state index in [4.69, 9.17) is 9.72 Å². The molecule has 1 N–H and O–H groups in total. The Hall–Kier alpha value is -3.08. The fraction of sp³-hybridized carbons (Fsp3) is 0.333. The minimum Gasteiger partial charge on any atom is -0.481 e. The molecule has 29 heavy (non-hydrogen) atoms. The quantitative estimate of drug-likeness (QED) is 0.681. The Bertz CT molecular complexity index is 1000. The molecule has 1 unspecified atom stereocenters. The van der Waals surface area contributed by atoms with Gasteiger partial charge in [0.15, 0.2) is 6.61 Å². The van der Waals surface area contributed by atoms with Crippen LogP contribution in [0.2, 0.25) is 0 Å². The molecule has 0 spiro atoms. The summed E-state index contributed by atoms with van der Waals surface area (Å²) >= 11 is 0. The number of para-hydroxylation sites is 1. The van der Waals surface area contributed by atoms with Crippen LogP contribution >= 0.6 is 0 Å². The largest absolute Gasteiger partial charge is 0.481 e. The Labute approximate surface area is 171 Å². The van der Waals surface area contributed by atoms with E-state index >= 15 is 0 Å². The van der Waals surface area contributed by atoms with Crippen molar-refractivity contribution < 1.29 is 9.53 Å². The molecule has 150 valence electrons. The molecular weight excluding hydrogens is 362 g/mol. The fourth-order valence-electron chi connectivity index (χ4n) is 3.78. The molecule has 2 heterocycles. The molecule has 1 saturated heterocycles. The molecule has 4 rings (SSSR count). The summed E-state index contributed by atoms with van der Waals surface area (Å²) < 4.78 is 5.85. The van der Waals surface area contributed by atoms with Crippen LogP contribution in [-0.2, 0) is 4.79 Å². The van der Waals surface area contributed by atoms with E-state index in [-0.39, 0.29) is 12.5 Å². The number of pyridine rings is 1. The normalized spacial score (nSPS) is 16.6. The van der Waals surface area contributed by atoms with Crippen LogP contribution in [0.3, 0.4) is 0 Å². The lowest BCUT2D eigenvalue weighted by Crippen LogP contribution is -2.34. The Morgan fingerprint density at radius 2 is 2.00 bits per heavy atom. The Morgan fingerprint density at radius 1 is 1.17 bits per heavy atom. The summed E-state index contributed by atoms with van der Waals surface area (Å²) in [5, 5.41) is 3.87. The minimum absolute atomic E-state index is 0.0559. The van der Waals surface area contributed by atoms with Crippen LogP contribution in [0, 0.1) is 12.8 Å². The molecule has 5 heteroatoms. The van der Waals surface area contributed by atoms with Gasteiger partial charge in [0, 0.05) is 24.2 Å². The highest BCUT2D eigenvalue weighted by Gasteiger charge is 2.18. The van der Waals surface area contributed by atoms with Gasteiger partial charge in [-0.1, -0.05) is 36.8 Å². The van der Waals surface area contributed by atoms with Crippen molar-refractivity contribution in [3.05, 3.63) is 60.2 Å². The van der Waals surface area contributed by atoms with Crippen molar-refractivity contribution >= 4 is 28.3 Å². The molecule has 0 saturated carbocycles. The number of aryl methyl sites for hydroxylation is 1. The first-order chi connectivity index (χ1) is 14.1. The number of hydrogen-bond donors (Lipinski definition) is 1. The number of piperidine rings is 1. The molecule has 0 aliphatic carbocycles. The molecule has 1 aromatic heterocycles. The predicted molar refractivity (Wildman–Crippen MR) is 118 cm³/mol. The molecular formula is C24H27N3O2. The average molecular weight is 389 g/mol. The van der Waals surface area contributed by atoms with Gasteiger partial charge in [0.05, 0.1) is 0 Å². The summed E-state index contributed by atoms with van der Waals surface area (Å²) in [6, 6.07) is 17.7. The number of hydrogen-bond acceptors (Lipinski definition) is 4. The van der Waals surface area contributed by atoms with Gasteiger partial charge in [0.2, 0.25) is 0 Å². The summed E-state index contributed by atoms with van der Waals surface area (Å²) in [7, 11) is 0. The van der Waals surface area contributed by atoms with Gasteiger partial charge in [-0.3, -0.25) is 4.79 Å². The monoisotopic (exact) mass is 389 g/mol. The molecule has 2 aromatic carbocycles. The van der Waals surface area contributed by atoms with Gasteiger partial charge in [-0.05, 0) is 56.0 Å². The van der Waals surface area contributed by atoms with E-state index in [1.165, 1.54) is 12.8 Å². The second kappa shape index (κ2) is 8.52. The van der Waals surface area contributed by atoms with Gasteiger partial charge in [-0.2, -0.15) is 0 Å². The van der Waals surface area contributed by atoms with E-state index in [2.05, 4.69) is 29.3 Å². The van der Waals surface area contributed by atoms with Crippen molar-refractivity contribution in [3.8, 4) is 5.75 Å². The lowest BCUT2D eigenvalue weighted by atomic mass is 10.0. The van der Waals surface area contributed by atoms with E-state index in [0.29, 0.717) is 11.7 Å².